The van der Waals surface area contributed by atoms with Crippen molar-refractivity contribution in [2.45, 2.75) is 42.0 Å². The molecule has 0 radical (unpaired) electrons. The number of nitrogens with one attached hydrogen (secondary N) is 1. The van der Waals surface area contributed by atoms with Crippen LogP contribution in [0.25, 0.3) is 0 Å². The van der Waals surface area contributed by atoms with Gasteiger partial charge in [-0.2, -0.15) is 0 Å². The molecule has 1 aromatic rings. The van der Waals surface area contributed by atoms with Crippen molar-refractivity contribution in [1.29, 1.82) is 0 Å². The zero-order valence-corrected chi connectivity index (χ0v) is 12.5. The van der Waals surface area contributed by atoms with Crippen LogP contribution in [0, 0.1) is 0 Å². The Labute approximate surface area is 121 Å². The Hall–Kier alpha value is -1.03. The van der Waals surface area contributed by atoms with E-state index in [0.29, 0.717) is 19.3 Å². The summed E-state index contributed by atoms with van der Waals surface area (Å²) in [7, 11) is -2.66. The number of hydrogen-bond acceptors (Lipinski definition) is 7. The second kappa shape index (κ2) is 6.17. The van der Waals surface area contributed by atoms with Crippen LogP contribution in [0.1, 0.15) is 36.2 Å². The summed E-state index contributed by atoms with van der Waals surface area (Å²) in [5.41, 5.74) is 1.08. The Morgan fingerprint density at radius 1 is 1.55 bits per heavy atom. The highest BCUT2D eigenvalue weighted by Gasteiger charge is 2.30. The normalized spacial score (nSPS) is 23.5. The van der Waals surface area contributed by atoms with E-state index in [-0.39, 0.29) is 15.9 Å². The number of aliphatic hydroxyl groups is 1. The van der Waals surface area contributed by atoms with E-state index < -0.39 is 22.1 Å². The second-order valence-electron chi connectivity index (χ2n) is 4.62. The predicted molar refractivity (Wildman–Crippen MR) is 72.0 cm³/mol. The zero-order valence-electron chi connectivity index (χ0n) is 10.9. The van der Waals surface area contributed by atoms with Crippen LogP contribution in [0.15, 0.2) is 9.72 Å². The highest BCUT2D eigenvalue weighted by Crippen LogP contribution is 2.24. The number of rotatable bonds is 4. The molecule has 2 rings (SSSR count). The van der Waals surface area contributed by atoms with E-state index in [9.17, 15) is 18.3 Å². The largest absolute Gasteiger partial charge is 0.464 e. The van der Waals surface area contributed by atoms with E-state index in [1.54, 1.807) is 0 Å². The molecule has 20 heavy (non-hydrogen) atoms. The molecule has 0 aromatic carbocycles. The Morgan fingerprint density at radius 3 is 2.95 bits per heavy atom. The molecule has 1 saturated carbocycles. The van der Waals surface area contributed by atoms with E-state index in [0.717, 1.165) is 17.8 Å². The molecule has 1 heterocycles. The molecule has 1 aromatic heterocycles. The van der Waals surface area contributed by atoms with Gasteiger partial charge in [0.25, 0.3) is 10.0 Å². The summed E-state index contributed by atoms with van der Waals surface area (Å²) in [5.74, 6) is -0.782. The lowest BCUT2D eigenvalue weighted by Gasteiger charge is -2.26. The maximum absolute atomic E-state index is 12.3. The van der Waals surface area contributed by atoms with Gasteiger partial charge in [0, 0.05) is 6.04 Å². The maximum Gasteiger partial charge on any atom is 0.358 e. The van der Waals surface area contributed by atoms with E-state index in [2.05, 4.69) is 14.4 Å². The molecular formula is C11H16N2O5S2. The highest BCUT2D eigenvalue weighted by atomic mass is 32.2. The van der Waals surface area contributed by atoms with Crippen molar-refractivity contribution in [2.75, 3.05) is 7.11 Å². The fourth-order valence-electron chi connectivity index (χ4n) is 2.20. The summed E-state index contributed by atoms with van der Waals surface area (Å²) < 4.78 is 31.4. The van der Waals surface area contributed by atoms with Gasteiger partial charge in [-0.25, -0.2) is 22.9 Å². The van der Waals surface area contributed by atoms with Gasteiger partial charge in [-0.05, 0) is 25.7 Å². The third-order valence-electron chi connectivity index (χ3n) is 3.13. The topological polar surface area (TPSA) is 106 Å². The standard InChI is InChI=1S/C11H16N2O5S2/c1-18-10(15)9-11(19-6-12-9)20(16,17)13-7-3-2-4-8(14)5-7/h6-8,13-14H,2-5H2,1H3. The smallest absolute Gasteiger partial charge is 0.358 e. The summed E-state index contributed by atoms with van der Waals surface area (Å²) in [5, 5.41) is 9.57. The molecule has 2 N–H and O–H groups in total. The first-order chi connectivity index (χ1) is 9.44. The van der Waals surface area contributed by atoms with Crippen molar-refractivity contribution in [1.82, 2.24) is 9.71 Å². The van der Waals surface area contributed by atoms with Crippen molar-refractivity contribution < 1.29 is 23.1 Å². The van der Waals surface area contributed by atoms with Gasteiger partial charge in [0.05, 0.1) is 18.7 Å². The maximum atomic E-state index is 12.3. The van der Waals surface area contributed by atoms with Gasteiger partial charge in [-0.15, -0.1) is 11.3 Å². The van der Waals surface area contributed by atoms with Crippen molar-refractivity contribution in [3.63, 3.8) is 0 Å². The quantitative estimate of drug-likeness (QED) is 0.783. The molecule has 1 fully saturated rings. The molecule has 0 aliphatic heterocycles. The van der Waals surface area contributed by atoms with Crippen LogP contribution < -0.4 is 4.72 Å². The Bertz CT molecular complexity index is 583. The summed E-state index contributed by atoms with van der Waals surface area (Å²) in [4.78, 5) is 15.2. The summed E-state index contributed by atoms with van der Waals surface area (Å²) in [6.07, 6.45) is 2.01. The number of thiazole rings is 1. The second-order valence-corrected chi connectivity index (χ2v) is 7.38. The number of ether oxygens (including phenoxy) is 1. The van der Waals surface area contributed by atoms with Crippen LogP contribution in [0.3, 0.4) is 0 Å². The lowest BCUT2D eigenvalue weighted by atomic mass is 9.94. The summed E-state index contributed by atoms with van der Waals surface area (Å²) in [6.45, 7) is 0. The zero-order chi connectivity index (χ0) is 14.8. The lowest BCUT2D eigenvalue weighted by molar-refractivity contribution is 0.0590. The van der Waals surface area contributed by atoms with Gasteiger partial charge in [0.15, 0.2) is 9.90 Å². The summed E-state index contributed by atoms with van der Waals surface area (Å²) in [6, 6.07) is -0.323. The van der Waals surface area contributed by atoms with E-state index >= 15 is 0 Å². The van der Waals surface area contributed by atoms with E-state index in [4.69, 9.17) is 0 Å². The number of carbonyl (C=O) groups excluding carboxylic acids is 1. The predicted octanol–water partition coefficient (Wildman–Crippen LogP) is 0.511. The van der Waals surface area contributed by atoms with Crippen LogP contribution in [-0.4, -0.2) is 43.7 Å². The minimum absolute atomic E-state index is 0.149. The van der Waals surface area contributed by atoms with Crippen molar-refractivity contribution in [3.05, 3.63) is 11.2 Å². The molecule has 112 valence electrons. The SMILES string of the molecule is COC(=O)c1ncsc1S(=O)(=O)NC1CCCC(O)C1. The van der Waals surface area contributed by atoms with Crippen LogP contribution in [0.4, 0.5) is 0 Å². The highest BCUT2D eigenvalue weighted by molar-refractivity contribution is 7.91. The third kappa shape index (κ3) is 3.35. The average molecular weight is 320 g/mol. The number of carbonyl (C=O) groups is 1. The molecule has 0 spiro atoms. The molecule has 1 aliphatic rings. The Balaban J connectivity index is 2.18. The lowest BCUT2D eigenvalue weighted by Crippen LogP contribution is -2.39. The fourth-order valence-corrected chi connectivity index (χ4v) is 4.63. The first-order valence-corrected chi connectivity index (χ1v) is 8.52. The molecule has 1 aliphatic carbocycles. The summed E-state index contributed by atoms with van der Waals surface area (Å²) >= 11 is 0.865. The average Bonchev–Trinajstić information content (AvgIpc) is 2.87. The Morgan fingerprint density at radius 2 is 2.30 bits per heavy atom. The van der Waals surface area contributed by atoms with Crippen LogP contribution in [0.2, 0.25) is 0 Å². The van der Waals surface area contributed by atoms with Gasteiger partial charge in [-0.1, -0.05) is 0 Å². The van der Waals surface area contributed by atoms with Gasteiger partial charge in [0.2, 0.25) is 0 Å². The molecule has 0 amide bonds. The number of hydrogen-bond donors (Lipinski definition) is 2. The van der Waals surface area contributed by atoms with Crippen LogP contribution >= 0.6 is 11.3 Å². The van der Waals surface area contributed by atoms with Crippen LogP contribution in [0.5, 0.6) is 0 Å². The van der Waals surface area contributed by atoms with Gasteiger partial charge < -0.3 is 9.84 Å². The minimum Gasteiger partial charge on any atom is -0.464 e. The Kier molecular flexibility index (Phi) is 4.74. The molecule has 2 atom stereocenters. The van der Waals surface area contributed by atoms with Crippen molar-refractivity contribution in [3.8, 4) is 0 Å². The number of methoxy groups -OCH3 is 1. The van der Waals surface area contributed by atoms with E-state index in [1.165, 1.54) is 12.6 Å². The monoisotopic (exact) mass is 320 g/mol. The minimum atomic E-state index is -3.83. The number of aromatic nitrogens is 1. The molecular weight excluding hydrogens is 304 g/mol. The van der Waals surface area contributed by atoms with Crippen molar-refractivity contribution >= 4 is 27.3 Å². The van der Waals surface area contributed by atoms with Gasteiger partial charge in [0.1, 0.15) is 0 Å². The number of esters is 1. The molecule has 0 saturated heterocycles. The number of nitrogens with zero attached hydrogens (tertiary/aromatic N) is 1. The molecule has 2 unspecified atom stereocenters. The first-order valence-electron chi connectivity index (χ1n) is 6.16. The fraction of sp³-hybridized carbons (Fsp3) is 0.636. The molecule has 7 nitrogen and oxygen atoms in total. The van der Waals surface area contributed by atoms with E-state index in [1.807, 2.05) is 0 Å². The third-order valence-corrected chi connectivity index (χ3v) is 6.02. The number of sulfonamides is 1. The first kappa shape index (κ1) is 15.4. The van der Waals surface area contributed by atoms with Gasteiger partial charge in [-0.3, -0.25) is 0 Å². The number of aliphatic hydroxyl groups excluding tert-OH is 1. The van der Waals surface area contributed by atoms with Crippen molar-refractivity contribution in [2.24, 2.45) is 0 Å². The molecule has 0 bridgehead atoms. The molecule has 9 heteroatoms. The van der Waals surface area contributed by atoms with Crippen LogP contribution in [-0.2, 0) is 14.8 Å². The van der Waals surface area contributed by atoms with Gasteiger partial charge >= 0.3 is 5.97 Å².